The summed E-state index contributed by atoms with van der Waals surface area (Å²) in [7, 11) is 1.72. The van der Waals surface area contributed by atoms with Gasteiger partial charge in [-0.25, -0.2) is 4.79 Å². The zero-order chi connectivity index (χ0) is 23.7. The Labute approximate surface area is 195 Å². The number of nitrogens with zero attached hydrogens (tertiary/aromatic N) is 2. The van der Waals surface area contributed by atoms with E-state index in [1.54, 1.807) is 7.05 Å². The third-order valence-corrected chi connectivity index (χ3v) is 7.85. The number of hydrogen-bond acceptors (Lipinski definition) is 6. The van der Waals surface area contributed by atoms with Gasteiger partial charge in [-0.3, -0.25) is 4.90 Å². The van der Waals surface area contributed by atoms with Crippen molar-refractivity contribution in [2.75, 3.05) is 38.3 Å². The minimum atomic E-state index is -1.08. The minimum Gasteiger partial charge on any atom is -0.598 e. The zero-order valence-corrected chi connectivity index (χ0v) is 21.3. The maximum atomic E-state index is 13.2. The van der Waals surface area contributed by atoms with Gasteiger partial charge in [0.25, 0.3) is 0 Å². The summed E-state index contributed by atoms with van der Waals surface area (Å²) in [5, 5.41) is -0.0127. The molecule has 1 amide bonds. The number of hydrogen-bond donors (Lipinski definition) is 0. The number of benzene rings is 1. The number of carbonyl (C=O) groups is 1. The number of aryl methyl sites for hydroxylation is 2. The molecular weight excluding hydrogens is 428 g/mol. The van der Waals surface area contributed by atoms with Crippen LogP contribution in [0.15, 0.2) is 12.1 Å². The van der Waals surface area contributed by atoms with Gasteiger partial charge >= 0.3 is 6.09 Å². The van der Waals surface area contributed by atoms with Crippen LogP contribution in [-0.4, -0.2) is 64.9 Å². The Morgan fingerprint density at radius 2 is 1.75 bits per heavy atom. The molecule has 3 rings (SSSR count). The highest BCUT2D eigenvalue weighted by molar-refractivity contribution is 7.89. The second kappa shape index (κ2) is 9.89. The van der Waals surface area contributed by atoms with Crippen LogP contribution in [0, 0.1) is 13.8 Å². The number of rotatable bonds is 5. The summed E-state index contributed by atoms with van der Waals surface area (Å²) in [5.41, 5.74) is 3.61. The van der Waals surface area contributed by atoms with Crippen molar-refractivity contribution in [2.24, 2.45) is 0 Å². The highest BCUT2D eigenvalue weighted by Crippen LogP contribution is 2.33. The van der Waals surface area contributed by atoms with E-state index in [4.69, 9.17) is 14.2 Å². The van der Waals surface area contributed by atoms with Gasteiger partial charge in [0.2, 0.25) is 0 Å². The molecule has 0 aromatic heterocycles. The summed E-state index contributed by atoms with van der Waals surface area (Å²) in [6.07, 6.45) is 1.86. The van der Waals surface area contributed by atoms with Crippen molar-refractivity contribution in [3.05, 3.63) is 28.8 Å². The normalized spacial score (nSPS) is 20.9. The zero-order valence-electron chi connectivity index (χ0n) is 20.5. The van der Waals surface area contributed by atoms with Crippen molar-refractivity contribution in [1.29, 1.82) is 0 Å². The van der Waals surface area contributed by atoms with E-state index >= 15 is 0 Å². The molecule has 1 spiro atoms. The molecule has 2 saturated heterocycles. The third-order valence-electron chi connectivity index (χ3n) is 6.12. The van der Waals surface area contributed by atoms with E-state index in [9.17, 15) is 9.35 Å². The maximum absolute atomic E-state index is 13.2. The van der Waals surface area contributed by atoms with Gasteiger partial charge in [0.15, 0.2) is 5.79 Å². The van der Waals surface area contributed by atoms with E-state index in [1.165, 1.54) is 10.5 Å². The lowest BCUT2D eigenvalue weighted by Gasteiger charge is -2.38. The molecule has 7 nitrogen and oxygen atoms in total. The molecule has 0 radical (unpaired) electrons. The van der Waals surface area contributed by atoms with Crippen LogP contribution in [0.25, 0.3) is 0 Å². The number of amides is 1. The van der Waals surface area contributed by atoms with E-state index in [-0.39, 0.29) is 11.3 Å². The van der Waals surface area contributed by atoms with E-state index in [1.807, 2.05) is 53.7 Å². The molecule has 32 heavy (non-hydrogen) atoms. The molecule has 180 valence electrons. The molecule has 1 aromatic rings. The molecule has 8 heteroatoms. The van der Waals surface area contributed by atoms with Gasteiger partial charge in [0.1, 0.15) is 10.9 Å². The molecule has 0 aliphatic carbocycles. The molecule has 2 aliphatic heterocycles. The maximum Gasteiger partial charge on any atom is 0.414 e. The van der Waals surface area contributed by atoms with Gasteiger partial charge in [-0.05, 0) is 70.4 Å². The predicted molar refractivity (Wildman–Crippen MR) is 127 cm³/mol. The molecular formula is C24H38N2O5S. The molecule has 2 heterocycles. The SMILES string of the molecule is Cc1cc(N(C)C(=O)OC(C)(C)C)cc(C)c1CC(C)[S@+]([O-])N1CCC2(CC1)OCCO2. The van der Waals surface area contributed by atoms with Crippen molar-refractivity contribution < 1.29 is 23.6 Å². The van der Waals surface area contributed by atoms with Gasteiger partial charge in [0.05, 0.1) is 13.2 Å². The Hall–Kier alpha value is -1.32. The monoisotopic (exact) mass is 466 g/mol. The van der Waals surface area contributed by atoms with Crippen LogP contribution in [0.4, 0.5) is 10.5 Å². The van der Waals surface area contributed by atoms with E-state index in [0.29, 0.717) is 26.3 Å². The van der Waals surface area contributed by atoms with Gasteiger partial charge in [-0.1, -0.05) is 0 Å². The lowest BCUT2D eigenvalue weighted by molar-refractivity contribution is -0.179. The molecule has 2 atom stereocenters. The molecule has 2 fully saturated rings. The summed E-state index contributed by atoms with van der Waals surface area (Å²) in [6.45, 7) is 14.4. The van der Waals surface area contributed by atoms with Crippen molar-refractivity contribution in [2.45, 2.75) is 77.4 Å². The summed E-state index contributed by atoms with van der Waals surface area (Å²) in [4.78, 5) is 14.0. The average molecular weight is 467 g/mol. The Morgan fingerprint density at radius 1 is 1.22 bits per heavy atom. The van der Waals surface area contributed by atoms with Gasteiger partial charge in [-0.2, -0.15) is 0 Å². The Morgan fingerprint density at radius 3 is 2.25 bits per heavy atom. The summed E-state index contributed by atoms with van der Waals surface area (Å²) in [5.74, 6) is -0.451. The van der Waals surface area contributed by atoms with Crippen LogP contribution in [0.5, 0.6) is 0 Å². The first-order valence-corrected chi connectivity index (χ1v) is 12.6. The second-order valence-electron chi connectivity index (χ2n) is 9.93. The number of anilines is 1. The van der Waals surface area contributed by atoms with Crippen LogP contribution in [0.3, 0.4) is 0 Å². The number of piperidine rings is 1. The van der Waals surface area contributed by atoms with Crippen LogP contribution in [-0.2, 0) is 32.0 Å². The fraction of sp³-hybridized carbons (Fsp3) is 0.708. The van der Waals surface area contributed by atoms with Gasteiger partial charge < -0.3 is 18.8 Å². The van der Waals surface area contributed by atoms with E-state index < -0.39 is 22.8 Å². The Bertz CT molecular complexity index is 786. The first-order chi connectivity index (χ1) is 14.9. The van der Waals surface area contributed by atoms with E-state index in [2.05, 4.69) is 4.31 Å². The lowest BCUT2D eigenvalue weighted by atomic mass is 9.97. The van der Waals surface area contributed by atoms with E-state index in [0.717, 1.165) is 36.1 Å². The van der Waals surface area contributed by atoms with Gasteiger partial charge in [-0.15, -0.1) is 4.31 Å². The molecule has 0 N–H and O–H groups in total. The summed E-state index contributed by atoms with van der Waals surface area (Å²) >= 11 is -1.08. The first kappa shape index (κ1) is 25.3. The van der Waals surface area contributed by atoms with Crippen molar-refractivity contribution in [1.82, 2.24) is 4.31 Å². The molecule has 1 unspecified atom stereocenters. The quantitative estimate of drug-likeness (QED) is 0.608. The first-order valence-electron chi connectivity index (χ1n) is 11.4. The molecule has 1 aromatic carbocycles. The largest absolute Gasteiger partial charge is 0.598 e. The predicted octanol–water partition coefficient (Wildman–Crippen LogP) is 4.11. The summed E-state index contributed by atoms with van der Waals surface area (Å²) in [6, 6.07) is 4.00. The highest BCUT2D eigenvalue weighted by Gasteiger charge is 2.43. The van der Waals surface area contributed by atoms with Crippen LogP contribution in [0.2, 0.25) is 0 Å². The van der Waals surface area contributed by atoms with Crippen LogP contribution < -0.4 is 4.90 Å². The van der Waals surface area contributed by atoms with Crippen LogP contribution in [0.1, 0.15) is 57.2 Å². The van der Waals surface area contributed by atoms with Crippen LogP contribution >= 0.6 is 0 Å². The fourth-order valence-electron chi connectivity index (χ4n) is 4.33. The van der Waals surface area contributed by atoms with Crippen molar-refractivity contribution in [3.63, 3.8) is 0 Å². The van der Waals surface area contributed by atoms with Gasteiger partial charge in [0, 0.05) is 56.4 Å². The third kappa shape index (κ3) is 5.97. The Balaban J connectivity index is 1.63. The molecule has 0 bridgehead atoms. The number of ether oxygens (including phenoxy) is 3. The van der Waals surface area contributed by atoms with Crippen molar-refractivity contribution in [3.8, 4) is 0 Å². The highest BCUT2D eigenvalue weighted by atomic mass is 32.2. The average Bonchev–Trinajstić information content (AvgIpc) is 3.16. The topological polar surface area (TPSA) is 74.3 Å². The summed E-state index contributed by atoms with van der Waals surface area (Å²) < 4.78 is 32.3. The number of carbonyl (C=O) groups excluding carboxylic acids is 1. The standard InChI is InChI=1S/C24H38N2O5S/c1-17-14-20(25(7)22(27)31-23(4,5)6)15-18(2)21(17)16-19(3)32(28)26-10-8-24(9-11-26)29-12-13-30-24/h14-15,19H,8-13,16H2,1-7H3/t19?,32-/m0/s1. The molecule has 2 aliphatic rings. The minimum absolute atomic E-state index is 0.0127. The fourth-order valence-corrected chi connectivity index (χ4v) is 5.69. The lowest BCUT2D eigenvalue weighted by Crippen LogP contribution is -2.49. The smallest absolute Gasteiger partial charge is 0.414 e. The van der Waals surface area contributed by atoms with Crippen molar-refractivity contribution >= 4 is 23.1 Å². The second-order valence-corrected chi connectivity index (χ2v) is 11.8. The Kier molecular flexibility index (Phi) is 7.82. The molecule has 0 saturated carbocycles.